The highest BCUT2D eigenvalue weighted by molar-refractivity contribution is 5.87. The van der Waals surface area contributed by atoms with Crippen molar-refractivity contribution >= 4 is 29.4 Å². The summed E-state index contributed by atoms with van der Waals surface area (Å²) in [4.78, 5) is 24.4. The van der Waals surface area contributed by atoms with E-state index in [9.17, 15) is 9.59 Å². The van der Waals surface area contributed by atoms with Crippen molar-refractivity contribution in [2.75, 3.05) is 18.1 Å². The highest BCUT2D eigenvalue weighted by atomic mass is 16.5. The molecule has 0 radical (unpaired) electrons. The fourth-order valence-corrected chi connectivity index (χ4v) is 4.31. The normalized spacial score (nSPS) is 18.2. The Kier molecular flexibility index (Phi) is 8.93. The second-order valence-corrected chi connectivity index (χ2v) is 8.76. The number of hydrogen-bond acceptors (Lipinski definition) is 6. The number of carbonyl (C=O) groups is 2. The zero-order valence-electron chi connectivity index (χ0n) is 19.3. The maximum atomic E-state index is 12.5. The molecular weight excluding hydrogens is 416 g/mol. The minimum atomic E-state index is -0.430. The van der Waals surface area contributed by atoms with E-state index in [0.717, 1.165) is 42.7 Å². The van der Waals surface area contributed by atoms with E-state index in [1.807, 2.05) is 12.1 Å². The third kappa shape index (κ3) is 7.97. The molecule has 0 aliphatic heterocycles. The van der Waals surface area contributed by atoms with Crippen LogP contribution in [0.4, 0.5) is 11.4 Å². The first-order valence-electron chi connectivity index (χ1n) is 11.7. The van der Waals surface area contributed by atoms with Crippen LogP contribution < -0.4 is 16.2 Å². The Labute approximate surface area is 195 Å². The van der Waals surface area contributed by atoms with Gasteiger partial charge < -0.3 is 20.9 Å². The summed E-state index contributed by atoms with van der Waals surface area (Å²) in [5.41, 5.74) is 14.4. The summed E-state index contributed by atoms with van der Waals surface area (Å²) in [5.74, 6) is 0.709. The largest absolute Gasteiger partial charge is 0.462 e. The molecule has 0 spiro atoms. The predicted molar refractivity (Wildman–Crippen MR) is 131 cm³/mol. The van der Waals surface area contributed by atoms with Crippen molar-refractivity contribution < 1.29 is 19.1 Å². The summed E-state index contributed by atoms with van der Waals surface area (Å²) < 4.78 is 10.8. The van der Waals surface area contributed by atoms with E-state index in [1.165, 1.54) is 18.9 Å². The van der Waals surface area contributed by atoms with Gasteiger partial charge in [0, 0.05) is 23.9 Å². The Hall–Kier alpha value is -3.28. The molecule has 33 heavy (non-hydrogen) atoms. The molecule has 1 aliphatic carbocycles. The van der Waals surface area contributed by atoms with Gasteiger partial charge in [0.25, 0.3) is 0 Å². The molecule has 0 unspecified atom stereocenters. The number of anilines is 2. The number of nitrogens with two attached hydrogens (primary N) is 2. The summed E-state index contributed by atoms with van der Waals surface area (Å²) in [7, 11) is 0. The van der Waals surface area contributed by atoms with Gasteiger partial charge in [0.2, 0.25) is 0 Å². The van der Waals surface area contributed by atoms with Crippen LogP contribution in [0.5, 0.6) is 5.75 Å². The predicted octanol–water partition coefficient (Wildman–Crippen LogP) is 5.16. The maximum Gasteiger partial charge on any atom is 0.330 e. The Morgan fingerprint density at radius 3 is 2.30 bits per heavy atom. The molecule has 0 saturated heterocycles. The van der Waals surface area contributed by atoms with Crippen LogP contribution in [0, 0.1) is 11.8 Å². The fourth-order valence-electron chi connectivity index (χ4n) is 4.31. The van der Waals surface area contributed by atoms with Crippen molar-refractivity contribution in [2.45, 2.75) is 51.9 Å². The second kappa shape index (κ2) is 12.1. The first-order chi connectivity index (χ1) is 15.9. The Morgan fingerprint density at radius 1 is 1.00 bits per heavy atom. The van der Waals surface area contributed by atoms with E-state index in [-0.39, 0.29) is 18.5 Å². The summed E-state index contributed by atoms with van der Waals surface area (Å²) >= 11 is 0. The first-order valence-corrected chi connectivity index (χ1v) is 11.7. The molecule has 176 valence electrons. The van der Waals surface area contributed by atoms with Crippen molar-refractivity contribution in [1.82, 2.24) is 0 Å². The zero-order valence-corrected chi connectivity index (χ0v) is 19.3. The molecule has 6 heteroatoms. The summed E-state index contributed by atoms with van der Waals surface area (Å²) in [6.45, 7) is 2.45. The Morgan fingerprint density at radius 2 is 1.67 bits per heavy atom. The van der Waals surface area contributed by atoms with Crippen LogP contribution in [0.1, 0.15) is 56.6 Å². The number of benzene rings is 2. The number of carbonyl (C=O) groups excluding carboxylic acids is 2. The summed E-state index contributed by atoms with van der Waals surface area (Å²) in [6.07, 6.45) is 10.1. The van der Waals surface area contributed by atoms with Gasteiger partial charge in [-0.25, -0.2) is 4.79 Å². The molecule has 2 aromatic rings. The Balaban J connectivity index is 1.41. The number of esters is 2. The van der Waals surface area contributed by atoms with Gasteiger partial charge in [-0.1, -0.05) is 31.9 Å². The lowest BCUT2D eigenvalue weighted by atomic mass is 9.80. The average Bonchev–Trinajstić information content (AvgIpc) is 2.79. The van der Waals surface area contributed by atoms with Gasteiger partial charge in [-0.2, -0.15) is 0 Å². The average molecular weight is 451 g/mol. The quantitative estimate of drug-likeness (QED) is 0.237. The van der Waals surface area contributed by atoms with Crippen LogP contribution in [0.25, 0.3) is 6.08 Å². The van der Waals surface area contributed by atoms with Gasteiger partial charge in [-0.05, 0) is 79.1 Å². The monoisotopic (exact) mass is 450 g/mol. The zero-order chi connectivity index (χ0) is 23.6. The molecule has 2 aromatic carbocycles. The number of hydrogen-bond donors (Lipinski definition) is 2. The van der Waals surface area contributed by atoms with Crippen molar-refractivity contribution in [3.05, 3.63) is 59.7 Å². The van der Waals surface area contributed by atoms with Crippen LogP contribution in [0.3, 0.4) is 0 Å². The molecule has 1 aliphatic rings. The van der Waals surface area contributed by atoms with E-state index >= 15 is 0 Å². The van der Waals surface area contributed by atoms with E-state index in [2.05, 4.69) is 6.92 Å². The van der Waals surface area contributed by atoms with Crippen molar-refractivity contribution in [3.63, 3.8) is 0 Å². The molecule has 0 atom stereocenters. The van der Waals surface area contributed by atoms with Gasteiger partial charge >= 0.3 is 11.9 Å². The fraction of sp³-hybridized carbons (Fsp3) is 0.407. The third-order valence-corrected chi connectivity index (χ3v) is 6.06. The smallest absolute Gasteiger partial charge is 0.330 e. The molecule has 6 nitrogen and oxygen atoms in total. The standard InChI is InChI=1S/C27H34N2O4/c1-2-3-19-4-9-22(10-5-19)27(31)33-25-11-6-20(7-12-25)8-13-26(30)32-15-14-21-16-23(28)18-24(29)17-21/h6-8,11-13,16-19,22H,2-5,9-10,14-15,28-29H2,1H3. The molecule has 1 saturated carbocycles. The van der Waals surface area contributed by atoms with Gasteiger partial charge in [-0.3, -0.25) is 4.79 Å². The van der Waals surface area contributed by atoms with Crippen LogP contribution in [-0.2, 0) is 20.7 Å². The summed E-state index contributed by atoms with van der Waals surface area (Å²) in [5, 5.41) is 0. The topological polar surface area (TPSA) is 105 Å². The highest BCUT2D eigenvalue weighted by Crippen LogP contribution is 2.32. The lowest BCUT2D eigenvalue weighted by Gasteiger charge is -2.26. The van der Waals surface area contributed by atoms with Gasteiger partial charge in [0.15, 0.2) is 0 Å². The highest BCUT2D eigenvalue weighted by Gasteiger charge is 2.27. The number of ether oxygens (including phenoxy) is 2. The van der Waals surface area contributed by atoms with E-state index in [0.29, 0.717) is 23.5 Å². The first kappa shape index (κ1) is 24.4. The van der Waals surface area contributed by atoms with Crippen LogP contribution in [-0.4, -0.2) is 18.5 Å². The number of rotatable bonds is 9. The molecule has 1 fully saturated rings. The van der Waals surface area contributed by atoms with E-state index < -0.39 is 5.97 Å². The number of nitrogen functional groups attached to an aromatic ring is 2. The molecule has 4 N–H and O–H groups in total. The molecule has 0 aromatic heterocycles. The van der Waals surface area contributed by atoms with Crippen LogP contribution in [0.15, 0.2) is 48.5 Å². The third-order valence-electron chi connectivity index (χ3n) is 6.06. The lowest BCUT2D eigenvalue weighted by Crippen LogP contribution is -2.25. The molecule has 0 heterocycles. The second-order valence-electron chi connectivity index (χ2n) is 8.76. The molecule has 3 rings (SSSR count). The van der Waals surface area contributed by atoms with Gasteiger partial charge in [0.05, 0.1) is 12.5 Å². The molecular formula is C27H34N2O4. The molecule has 0 bridgehead atoms. The van der Waals surface area contributed by atoms with Crippen LogP contribution >= 0.6 is 0 Å². The Bertz CT molecular complexity index is 940. The molecule has 0 amide bonds. The van der Waals surface area contributed by atoms with Gasteiger partial charge in [0.1, 0.15) is 5.75 Å². The van der Waals surface area contributed by atoms with Crippen LogP contribution in [0.2, 0.25) is 0 Å². The summed E-state index contributed by atoms with van der Waals surface area (Å²) in [6, 6.07) is 12.4. The van der Waals surface area contributed by atoms with Crippen molar-refractivity contribution in [2.24, 2.45) is 11.8 Å². The van der Waals surface area contributed by atoms with E-state index in [1.54, 1.807) is 36.4 Å². The van der Waals surface area contributed by atoms with Crippen molar-refractivity contribution in [3.8, 4) is 5.75 Å². The van der Waals surface area contributed by atoms with Gasteiger partial charge in [-0.15, -0.1) is 0 Å². The minimum absolute atomic E-state index is 0.00350. The van der Waals surface area contributed by atoms with Crippen molar-refractivity contribution in [1.29, 1.82) is 0 Å². The minimum Gasteiger partial charge on any atom is -0.462 e. The SMILES string of the molecule is CCCC1CCC(C(=O)Oc2ccc(C=CC(=O)OCCc3cc(N)cc(N)c3)cc2)CC1. The van der Waals surface area contributed by atoms with E-state index in [4.69, 9.17) is 20.9 Å². The lowest BCUT2D eigenvalue weighted by molar-refractivity contribution is -0.140. The maximum absolute atomic E-state index is 12.5.